The number of carbonyl (C=O) groups excluding carboxylic acids is 3. The van der Waals surface area contributed by atoms with Crippen LogP contribution in [0.5, 0.6) is 0 Å². The first-order chi connectivity index (χ1) is 20.7. The topological polar surface area (TPSA) is 113 Å². The van der Waals surface area contributed by atoms with Gasteiger partial charge in [0.2, 0.25) is 17.7 Å². The second-order valence-corrected chi connectivity index (χ2v) is 13.7. The lowest BCUT2D eigenvalue weighted by Gasteiger charge is -2.33. The fourth-order valence-electron chi connectivity index (χ4n) is 5.99. The Bertz CT molecular complexity index is 1210. The van der Waals surface area contributed by atoms with Gasteiger partial charge in [-0.2, -0.15) is 0 Å². The molecule has 3 atom stereocenters. The lowest BCUT2D eigenvalue weighted by Crippen LogP contribution is -2.55. The third-order valence-corrected chi connectivity index (χ3v) is 9.99. The lowest BCUT2D eigenvalue weighted by molar-refractivity contribution is -0.130. The van der Waals surface area contributed by atoms with Gasteiger partial charge in [-0.3, -0.25) is 19.3 Å². The van der Waals surface area contributed by atoms with Crippen molar-refractivity contribution in [2.75, 3.05) is 39.4 Å². The highest BCUT2D eigenvalue weighted by atomic mass is 32.1. The molecule has 43 heavy (non-hydrogen) atoms. The Morgan fingerprint density at radius 3 is 2.49 bits per heavy atom. The summed E-state index contributed by atoms with van der Waals surface area (Å²) in [6, 6.07) is 5.39. The summed E-state index contributed by atoms with van der Waals surface area (Å²) in [4.78, 5) is 46.5. The third-order valence-electron chi connectivity index (χ3n) is 8.95. The van der Waals surface area contributed by atoms with E-state index in [0.29, 0.717) is 31.2 Å². The van der Waals surface area contributed by atoms with Crippen molar-refractivity contribution in [1.82, 2.24) is 25.8 Å². The number of fused-ring (bicyclic) bond motifs is 1. The molecule has 1 aliphatic heterocycles. The summed E-state index contributed by atoms with van der Waals surface area (Å²) in [7, 11) is 0. The van der Waals surface area contributed by atoms with E-state index in [1.165, 1.54) is 12.0 Å². The van der Waals surface area contributed by atoms with Gasteiger partial charge < -0.3 is 20.7 Å². The van der Waals surface area contributed by atoms with Crippen LogP contribution in [0.2, 0.25) is 0 Å². The molecule has 0 unspecified atom stereocenters. The van der Waals surface area contributed by atoms with Gasteiger partial charge in [-0.25, -0.2) is 4.98 Å². The molecule has 238 valence electrons. The van der Waals surface area contributed by atoms with Crippen LogP contribution in [-0.4, -0.2) is 79.1 Å². The van der Waals surface area contributed by atoms with Crippen molar-refractivity contribution in [3.05, 3.63) is 28.8 Å². The maximum absolute atomic E-state index is 13.8. The number of hydrogen-bond acceptors (Lipinski definition) is 7. The largest absolute Gasteiger partial charge is 0.379 e. The quantitative estimate of drug-likeness (QED) is 0.291. The predicted molar refractivity (Wildman–Crippen MR) is 172 cm³/mol. The van der Waals surface area contributed by atoms with E-state index in [-0.39, 0.29) is 29.7 Å². The highest BCUT2D eigenvalue weighted by molar-refractivity contribution is 7.18. The molecule has 1 aliphatic carbocycles. The average molecular weight is 614 g/mol. The number of aromatic nitrogens is 1. The minimum Gasteiger partial charge on any atom is -0.379 e. The first-order valence-electron chi connectivity index (χ1n) is 16.3. The van der Waals surface area contributed by atoms with Crippen molar-refractivity contribution in [3.8, 4) is 0 Å². The zero-order valence-electron chi connectivity index (χ0n) is 26.5. The molecular formula is C33H51N5O4S. The van der Waals surface area contributed by atoms with E-state index < -0.39 is 6.04 Å². The molecule has 0 radical (unpaired) electrons. The van der Waals surface area contributed by atoms with Gasteiger partial charge >= 0.3 is 0 Å². The van der Waals surface area contributed by atoms with Crippen LogP contribution >= 0.6 is 11.3 Å². The molecule has 1 aromatic heterocycles. The molecule has 4 rings (SSSR count). The molecule has 1 saturated heterocycles. The van der Waals surface area contributed by atoms with Crippen molar-refractivity contribution in [1.29, 1.82) is 0 Å². The molecule has 2 aliphatic rings. The number of rotatable bonds is 14. The Labute approximate surface area is 260 Å². The van der Waals surface area contributed by atoms with Gasteiger partial charge in [0, 0.05) is 44.4 Å². The highest BCUT2D eigenvalue weighted by Crippen LogP contribution is 2.28. The van der Waals surface area contributed by atoms with Gasteiger partial charge in [-0.15, -0.1) is 11.3 Å². The summed E-state index contributed by atoms with van der Waals surface area (Å²) in [5.74, 6) is 0.240. The number of morpholine rings is 1. The zero-order valence-corrected chi connectivity index (χ0v) is 27.3. The molecule has 0 bridgehead atoms. The first kappa shape index (κ1) is 33.3. The Balaban J connectivity index is 1.41. The van der Waals surface area contributed by atoms with E-state index in [4.69, 9.17) is 9.72 Å². The first-order valence-corrected chi connectivity index (χ1v) is 17.1. The fourth-order valence-corrected chi connectivity index (χ4v) is 7.05. The van der Waals surface area contributed by atoms with Gasteiger partial charge in [0.25, 0.3) is 0 Å². The second kappa shape index (κ2) is 16.5. The summed E-state index contributed by atoms with van der Waals surface area (Å²) < 4.78 is 6.52. The maximum Gasteiger partial charge on any atom is 0.243 e. The summed E-state index contributed by atoms with van der Waals surface area (Å²) in [5.41, 5.74) is 2.17. The monoisotopic (exact) mass is 613 g/mol. The standard InChI is InChI=1S/C33H51N5O4S/c1-5-30(39)35-27(20-31-36-26-12-11-25(22(2)3)19-29(26)43-31)33(41)37-28(24-9-7-6-8-10-24)21-34-32(40)23(4)13-14-38-15-17-42-18-16-38/h11-12,19,22-24,27-28H,5-10,13-18,20-21H2,1-4H3,(H,34,40)(H,35,39)(H,37,41)/t23-,27+,28-/m1/s1. The third kappa shape index (κ3) is 9.98. The minimum atomic E-state index is -0.730. The van der Waals surface area contributed by atoms with E-state index in [1.807, 2.05) is 13.0 Å². The van der Waals surface area contributed by atoms with E-state index in [1.54, 1.807) is 18.3 Å². The Morgan fingerprint density at radius 1 is 1.05 bits per heavy atom. The molecule has 0 spiro atoms. The minimum absolute atomic E-state index is 0.0226. The Hall–Kier alpha value is -2.56. The number of carbonyl (C=O) groups is 3. The van der Waals surface area contributed by atoms with Crippen LogP contribution in [0.15, 0.2) is 18.2 Å². The van der Waals surface area contributed by atoms with Gasteiger partial charge in [0.05, 0.1) is 28.4 Å². The SMILES string of the molecule is CCC(=O)N[C@@H](Cc1nc2ccc(C(C)C)cc2s1)C(=O)N[C@H](CNC(=O)[C@H](C)CCN1CCOCC1)C1CCCCC1. The molecular weight excluding hydrogens is 562 g/mol. The molecule has 1 aromatic carbocycles. The molecule has 2 fully saturated rings. The predicted octanol–water partition coefficient (Wildman–Crippen LogP) is 4.40. The Kier molecular flexibility index (Phi) is 12.8. The lowest BCUT2D eigenvalue weighted by atomic mass is 9.83. The molecule has 2 heterocycles. The number of ether oxygens (including phenoxy) is 1. The molecule has 9 nitrogen and oxygen atoms in total. The average Bonchev–Trinajstić information content (AvgIpc) is 3.43. The van der Waals surface area contributed by atoms with E-state index in [9.17, 15) is 14.4 Å². The van der Waals surface area contributed by atoms with Crippen molar-refractivity contribution < 1.29 is 19.1 Å². The maximum atomic E-state index is 13.8. The van der Waals surface area contributed by atoms with Crippen molar-refractivity contribution in [3.63, 3.8) is 0 Å². The van der Waals surface area contributed by atoms with E-state index >= 15 is 0 Å². The zero-order chi connectivity index (χ0) is 30.8. The molecule has 2 aromatic rings. The van der Waals surface area contributed by atoms with Gasteiger partial charge in [0.1, 0.15) is 6.04 Å². The van der Waals surface area contributed by atoms with Crippen molar-refractivity contribution >= 4 is 39.3 Å². The molecule has 1 saturated carbocycles. The smallest absolute Gasteiger partial charge is 0.243 e. The van der Waals surface area contributed by atoms with Crippen LogP contribution in [0, 0.1) is 11.8 Å². The van der Waals surface area contributed by atoms with Gasteiger partial charge in [-0.1, -0.05) is 53.0 Å². The normalized spacial score (nSPS) is 18.7. The highest BCUT2D eigenvalue weighted by Gasteiger charge is 2.30. The number of amides is 3. The van der Waals surface area contributed by atoms with Crippen LogP contribution in [0.1, 0.15) is 89.1 Å². The van der Waals surface area contributed by atoms with Gasteiger partial charge in [0.15, 0.2) is 0 Å². The summed E-state index contributed by atoms with van der Waals surface area (Å²) >= 11 is 1.58. The molecule has 3 amide bonds. The summed E-state index contributed by atoms with van der Waals surface area (Å²) in [6.45, 7) is 12.7. The molecule has 3 N–H and O–H groups in total. The van der Waals surface area contributed by atoms with Crippen LogP contribution in [0.3, 0.4) is 0 Å². The van der Waals surface area contributed by atoms with Crippen LogP contribution in [0.25, 0.3) is 10.2 Å². The van der Waals surface area contributed by atoms with Crippen LogP contribution in [-0.2, 0) is 25.5 Å². The van der Waals surface area contributed by atoms with Crippen LogP contribution in [0.4, 0.5) is 0 Å². The summed E-state index contributed by atoms with van der Waals surface area (Å²) in [5, 5.41) is 10.2. The van der Waals surface area contributed by atoms with Gasteiger partial charge in [-0.05, 0) is 55.3 Å². The van der Waals surface area contributed by atoms with E-state index in [2.05, 4.69) is 46.8 Å². The number of nitrogens with zero attached hydrogens (tertiary/aromatic N) is 2. The number of thiazole rings is 1. The number of hydrogen-bond donors (Lipinski definition) is 3. The summed E-state index contributed by atoms with van der Waals surface area (Å²) in [6.07, 6.45) is 6.92. The van der Waals surface area contributed by atoms with E-state index in [0.717, 1.165) is 80.2 Å². The molecule has 10 heteroatoms. The second-order valence-electron chi connectivity index (χ2n) is 12.6. The Morgan fingerprint density at radius 2 is 1.79 bits per heavy atom. The number of nitrogens with one attached hydrogen (secondary N) is 3. The fraction of sp³-hybridized carbons (Fsp3) is 0.697. The van der Waals surface area contributed by atoms with Crippen molar-refractivity contribution in [2.24, 2.45) is 11.8 Å². The number of benzene rings is 1. The van der Waals surface area contributed by atoms with Crippen molar-refractivity contribution in [2.45, 2.75) is 97.1 Å². The van der Waals surface area contributed by atoms with Crippen LogP contribution < -0.4 is 16.0 Å².